The van der Waals surface area contributed by atoms with Crippen LogP contribution in [0.5, 0.6) is 0 Å². The van der Waals surface area contributed by atoms with Crippen LogP contribution in [-0.4, -0.2) is 32.1 Å². The van der Waals surface area contributed by atoms with Crippen molar-refractivity contribution in [3.8, 4) is 0 Å². The predicted octanol–water partition coefficient (Wildman–Crippen LogP) is 2.30. The maximum absolute atomic E-state index is 11.9. The highest BCUT2D eigenvalue weighted by Crippen LogP contribution is 2.36. The Labute approximate surface area is 143 Å². The molecule has 1 aromatic rings. The molecule has 1 fully saturated rings. The van der Waals surface area contributed by atoms with Gasteiger partial charge in [0.2, 0.25) is 0 Å². The number of anilines is 1. The number of carbonyl (C=O) groups is 3. The van der Waals surface area contributed by atoms with Gasteiger partial charge >= 0.3 is 17.9 Å². The first-order valence-corrected chi connectivity index (χ1v) is 8.13. The molecule has 8 heteroatoms. The van der Waals surface area contributed by atoms with E-state index in [4.69, 9.17) is 10.5 Å². The van der Waals surface area contributed by atoms with Crippen LogP contribution in [0.1, 0.15) is 45.4 Å². The molecule has 0 atom stereocenters. The van der Waals surface area contributed by atoms with E-state index in [9.17, 15) is 14.4 Å². The molecule has 0 aliphatic heterocycles. The molecule has 2 rings (SSSR count). The van der Waals surface area contributed by atoms with Gasteiger partial charge in [0, 0.05) is 11.6 Å². The number of methoxy groups -OCH3 is 2. The Morgan fingerprint density at radius 3 is 2.38 bits per heavy atom. The van der Waals surface area contributed by atoms with Gasteiger partial charge in [0.15, 0.2) is 0 Å². The van der Waals surface area contributed by atoms with Crippen LogP contribution in [0.2, 0.25) is 0 Å². The average Bonchev–Trinajstić information content (AvgIpc) is 3.35. The van der Waals surface area contributed by atoms with Gasteiger partial charge in [0.05, 0.1) is 14.2 Å². The summed E-state index contributed by atoms with van der Waals surface area (Å²) in [6.45, 7) is 1.61. The van der Waals surface area contributed by atoms with E-state index in [-0.39, 0.29) is 27.6 Å². The lowest BCUT2D eigenvalue weighted by atomic mass is 10.1. The summed E-state index contributed by atoms with van der Waals surface area (Å²) in [5.41, 5.74) is 6.99. The van der Waals surface area contributed by atoms with Crippen molar-refractivity contribution >= 4 is 34.2 Å². The van der Waals surface area contributed by atoms with Crippen molar-refractivity contribution < 1.29 is 28.6 Å². The lowest BCUT2D eigenvalue weighted by molar-refractivity contribution is -0.139. The first-order valence-electron chi connectivity index (χ1n) is 7.31. The van der Waals surface area contributed by atoms with Crippen LogP contribution >= 0.6 is 11.3 Å². The fourth-order valence-corrected chi connectivity index (χ4v) is 3.21. The molecule has 0 amide bonds. The third-order valence-electron chi connectivity index (χ3n) is 3.72. The second-order valence-corrected chi connectivity index (χ2v) is 6.45. The Morgan fingerprint density at radius 1 is 1.21 bits per heavy atom. The SMILES string of the molecule is COC(=O)c1sc(N)c(C(=O)OC)c1COC(=O)/C=C(\C)C1CC1. The zero-order valence-corrected chi connectivity index (χ0v) is 14.5. The molecule has 1 saturated carbocycles. The van der Waals surface area contributed by atoms with Crippen molar-refractivity contribution in [3.05, 3.63) is 27.7 Å². The summed E-state index contributed by atoms with van der Waals surface area (Å²) in [6.07, 6.45) is 3.59. The van der Waals surface area contributed by atoms with Crippen molar-refractivity contribution in [2.24, 2.45) is 5.92 Å². The van der Waals surface area contributed by atoms with E-state index >= 15 is 0 Å². The second-order valence-electron chi connectivity index (χ2n) is 5.40. The van der Waals surface area contributed by atoms with E-state index in [1.165, 1.54) is 20.3 Å². The molecule has 1 aromatic heterocycles. The third-order valence-corrected chi connectivity index (χ3v) is 4.76. The smallest absolute Gasteiger partial charge is 0.348 e. The number of rotatable bonds is 6. The molecule has 7 nitrogen and oxygen atoms in total. The number of hydrogen-bond donors (Lipinski definition) is 1. The van der Waals surface area contributed by atoms with Crippen LogP contribution in [0.15, 0.2) is 11.6 Å². The van der Waals surface area contributed by atoms with E-state index in [0.717, 1.165) is 29.8 Å². The van der Waals surface area contributed by atoms with Gasteiger partial charge in [0.1, 0.15) is 22.0 Å². The minimum atomic E-state index is -0.699. The Kier molecular flexibility index (Phi) is 5.61. The van der Waals surface area contributed by atoms with E-state index in [1.807, 2.05) is 6.92 Å². The number of nitrogen functional groups attached to an aromatic ring is 1. The van der Waals surface area contributed by atoms with Crippen LogP contribution in [0, 0.1) is 5.92 Å². The number of esters is 3. The van der Waals surface area contributed by atoms with Gasteiger partial charge in [-0.3, -0.25) is 0 Å². The quantitative estimate of drug-likeness (QED) is 0.475. The number of hydrogen-bond acceptors (Lipinski definition) is 8. The molecule has 0 unspecified atom stereocenters. The van der Waals surface area contributed by atoms with E-state index in [0.29, 0.717) is 5.92 Å². The Bertz CT molecular complexity index is 702. The minimum absolute atomic E-state index is 0.0265. The number of thiophene rings is 1. The zero-order chi connectivity index (χ0) is 17.9. The summed E-state index contributed by atoms with van der Waals surface area (Å²) < 4.78 is 14.5. The van der Waals surface area contributed by atoms with Gasteiger partial charge in [-0.15, -0.1) is 11.3 Å². The number of ether oxygens (including phenoxy) is 3. The molecule has 1 aliphatic carbocycles. The summed E-state index contributed by atoms with van der Waals surface area (Å²) in [6, 6.07) is 0. The average molecular weight is 353 g/mol. The second kappa shape index (κ2) is 7.48. The lowest BCUT2D eigenvalue weighted by Crippen LogP contribution is -2.12. The molecule has 2 N–H and O–H groups in total. The maximum atomic E-state index is 11.9. The zero-order valence-electron chi connectivity index (χ0n) is 13.7. The van der Waals surface area contributed by atoms with Gasteiger partial charge in [-0.2, -0.15) is 0 Å². The summed E-state index contributed by atoms with van der Waals surface area (Å²) in [5.74, 6) is -1.44. The maximum Gasteiger partial charge on any atom is 0.348 e. The lowest BCUT2D eigenvalue weighted by Gasteiger charge is -2.07. The van der Waals surface area contributed by atoms with Crippen LogP contribution < -0.4 is 5.73 Å². The summed E-state index contributed by atoms with van der Waals surface area (Å²) >= 11 is 0.894. The monoisotopic (exact) mass is 353 g/mol. The molecule has 0 radical (unpaired) electrons. The van der Waals surface area contributed by atoms with E-state index in [2.05, 4.69) is 9.47 Å². The molecule has 0 aromatic carbocycles. The number of carbonyl (C=O) groups excluding carboxylic acids is 3. The van der Waals surface area contributed by atoms with E-state index < -0.39 is 17.9 Å². The minimum Gasteiger partial charge on any atom is -0.465 e. The highest BCUT2D eigenvalue weighted by atomic mass is 32.1. The van der Waals surface area contributed by atoms with Crippen molar-refractivity contribution in [3.63, 3.8) is 0 Å². The molecule has 1 heterocycles. The molecular weight excluding hydrogens is 334 g/mol. The fraction of sp³-hybridized carbons (Fsp3) is 0.438. The van der Waals surface area contributed by atoms with Crippen LogP contribution in [-0.2, 0) is 25.6 Å². The Balaban J connectivity index is 2.23. The fourth-order valence-electron chi connectivity index (χ4n) is 2.23. The molecule has 1 aliphatic rings. The first kappa shape index (κ1) is 18.0. The predicted molar refractivity (Wildman–Crippen MR) is 87.7 cm³/mol. The standard InChI is InChI=1S/C16H19NO6S/c1-8(9-4-5-9)6-11(18)23-7-10-12(15(19)21-2)14(17)24-13(10)16(20)22-3/h6,9H,4-5,7,17H2,1-3H3/b8-6+. The molecule has 0 bridgehead atoms. The summed E-state index contributed by atoms with van der Waals surface area (Å²) in [5, 5.41) is 0.109. The van der Waals surface area contributed by atoms with Crippen molar-refractivity contribution in [2.45, 2.75) is 26.4 Å². The van der Waals surface area contributed by atoms with Gasteiger partial charge in [-0.25, -0.2) is 14.4 Å². The van der Waals surface area contributed by atoms with Crippen LogP contribution in [0.3, 0.4) is 0 Å². The topological polar surface area (TPSA) is 105 Å². The highest BCUT2D eigenvalue weighted by molar-refractivity contribution is 7.18. The third kappa shape index (κ3) is 3.94. The molecule has 24 heavy (non-hydrogen) atoms. The van der Waals surface area contributed by atoms with Crippen LogP contribution in [0.4, 0.5) is 5.00 Å². The summed E-state index contributed by atoms with van der Waals surface area (Å²) in [7, 11) is 2.42. The van der Waals surface area contributed by atoms with Crippen LogP contribution in [0.25, 0.3) is 0 Å². The summed E-state index contributed by atoms with van der Waals surface area (Å²) in [4.78, 5) is 35.8. The van der Waals surface area contributed by atoms with Gasteiger partial charge in [-0.1, -0.05) is 5.57 Å². The molecule has 0 spiro atoms. The van der Waals surface area contributed by atoms with Gasteiger partial charge in [0.25, 0.3) is 0 Å². The largest absolute Gasteiger partial charge is 0.465 e. The Hall–Kier alpha value is -2.35. The van der Waals surface area contributed by atoms with Crippen molar-refractivity contribution in [1.29, 1.82) is 0 Å². The number of nitrogens with two attached hydrogens (primary N) is 1. The number of allylic oxidation sites excluding steroid dienone is 1. The Morgan fingerprint density at radius 2 is 1.83 bits per heavy atom. The normalized spacial score (nSPS) is 14.2. The van der Waals surface area contributed by atoms with Gasteiger partial charge in [-0.05, 0) is 25.7 Å². The van der Waals surface area contributed by atoms with Gasteiger partial charge < -0.3 is 19.9 Å². The van der Waals surface area contributed by atoms with Crippen molar-refractivity contribution in [2.75, 3.05) is 20.0 Å². The first-order chi connectivity index (χ1) is 11.4. The molecule has 130 valence electrons. The molecular formula is C16H19NO6S. The van der Waals surface area contributed by atoms with Crippen molar-refractivity contribution in [1.82, 2.24) is 0 Å². The van der Waals surface area contributed by atoms with E-state index in [1.54, 1.807) is 0 Å². The molecule has 0 saturated heterocycles. The highest BCUT2D eigenvalue weighted by Gasteiger charge is 2.28.